The predicted molar refractivity (Wildman–Crippen MR) is 485 cm³/mol. The number of hydrogen-bond donors (Lipinski definition) is 4. The number of carbonyl (C=O) groups is 4. The maximum atomic E-state index is 14.8. The maximum Gasteiger partial charge on any atom is 0.410 e. The van der Waals surface area contributed by atoms with Gasteiger partial charge in [-0.15, -0.1) is 10.2 Å². The quantitative estimate of drug-likeness (QED) is 0.0130. The molecule has 13 rings (SSSR count). The van der Waals surface area contributed by atoms with Crippen molar-refractivity contribution in [3.05, 3.63) is 142 Å². The van der Waals surface area contributed by atoms with Gasteiger partial charge in [-0.25, -0.2) is 58.3 Å². The Kier molecular flexibility index (Phi) is 35.1. The fourth-order valence-electron chi connectivity index (χ4n) is 14.4. The summed E-state index contributed by atoms with van der Waals surface area (Å²) in [5, 5.41) is 26.4. The van der Waals surface area contributed by atoms with Crippen molar-refractivity contribution in [3.63, 3.8) is 0 Å². The van der Waals surface area contributed by atoms with Crippen LogP contribution in [0.25, 0.3) is 33.1 Å². The molecule has 0 saturated carbocycles. The summed E-state index contributed by atoms with van der Waals surface area (Å²) in [6, 6.07) is 29.2. The van der Waals surface area contributed by atoms with Gasteiger partial charge in [0.1, 0.15) is 57.4 Å². The van der Waals surface area contributed by atoms with Crippen molar-refractivity contribution in [2.45, 2.75) is 188 Å². The van der Waals surface area contributed by atoms with Crippen molar-refractivity contribution >= 4 is 93.0 Å². The Bertz CT molecular complexity index is 5500. The summed E-state index contributed by atoms with van der Waals surface area (Å²) in [7, 11) is 13.7. The molecular formula is C91H116F4N18O16S. The number of anilines is 2. The third-order valence-electron chi connectivity index (χ3n) is 21.1. The number of nitrogens with one attached hydrogen (secondary N) is 3. The van der Waals surface area contributed by atoms with E-state index in [1.807, 2.05) is 132 Å². The van der Waals surface area contributed by atoms with Crippen LogP contribution in [0.2, 0.25) is 0 Å². The van der Waals surface area contributed by atoms with E-state index >= 15 is 0 Å². The van der Waals surface area contributed by atoms with Gasteiger partial charge in [0.2, 0.25) is 17.8 Å². The highest BCUT2D eigenvalue weighted by molar-refractivity contribution is 7.93. The fourth-order valence-corrected chi connectivity index (χ4v) is 14.4. The lowest BCUT2D eigenvalue weighted by atomic mass is 9.93. The molecule has 0 radical (unpaired) electrons. The van der Waals surface area contributed by atoms with Crippen molar-refractivity contribution in [1.82, 2.24) is 59.3 Å². The number of nitrogens with zero attached hydrogens (tertiary/aromatic N) is 14. The van der Waals surface area contributed by atoms with E-state index in [1.165, 1.54) is 45.8 Å². The predicted octanol–water partition coefficient (Wildman–Crippen LogP) is 17.1. The smallest absolute Gasteiger partial charge is 0.410 e. The summed E-state index contributed by atoms with van der Waals surface area (Å²) < 4.78 is 121. The van der Waals surface area contributed by atoms with E-state index < -0.39 is 34.3 Å². The lowest BCUT2D eigenvalue weighted by Gasteiger charge is -2.37. The largest absolute Gasteiger partial charge is 0.497 e. The maximum absolute atomic E-state index is 14.8. The number of rotatable bonds is 21. The first-order valence-corrected chi connectivity index (χ1v) is 42.9. The Morgan fingerprint density at radius 2 is 0.854 bits per heavy atom. The first kappa shape index (κ1) is 101. The second-order valence-corrected chi connectivity index (χ2v) is 33.9. The zero-order valence-corrected chi connectivity index (χ0v) is 78.2. The van der Waals surface area contributed by atoms with Crippen molar-refractivity contribution in [2.75, 3.05) is 101 Å². The number of methoxy groups -OCH3 is 9. The number of nitriles is 1. The van der Waals surface area contributed by atoms with Crippen LogP contribution in [0.4, 0.5) is 49.0 Å². The summed E-state index contributed by atoms with van der Waals surface area (Å²) in [6.45, 7) is 24.7. The normalized spacial score (nSPS) is 16.6. The lowest BCUT2D eigenvalue weighted by molar-refractivity contribution is -0.127. The van der Waals surface area contributed by atoms with Gasteiger partial charge in [0.05, 0.1) is 105 Å². The molecule has 5 N–H and O–H groups in total. The summed E-state index contributed by atoms with van der Waals surface area (Å²) in [5.74, 6) is 8.75. The van der Waals surface area contributed by atoms with Crippen LogP contribution in [0.1, 0.15) is 167 Å². The number of fused-ring (bicyclic) bond motifs is 6. The van der Waals surface area contributed by atoms with E-state index in [4.69, 9.17) is 98.1 Å². The number of nitrogens with two attached hydrogens (primary N) is 1. The third-order valence-corrected chi connectivity index (χ3v) is 21.1. The lowest BCUT2D eigenvalue weighted by Crippen LogP contribution is -2.51. The summed E-state index contributed by atoms with van der Waals surface area (Å²) in [4.78, 5) is 81.9. The molecule has 10 aromatic rings. The van der Waals surface area contributed by atoms with Crippen molar-refractivity contribution in [1.29, 1.82) is 5.26 Å². The standard InChI is InChI=1S/2C30H37FN6O5.C18H16FN3O3.C12H23N3O3.CH3FS/c2*1-17-8-9-19(16-36(17)29(38)42-30(2,3)4)26-34-27-21-13-22(31)25(41-7)14-23(21)33-28(37(27)35-26)32-15-18-10-11-20(39-5)12-24(18)40-6;1-23-14-5-4-12(17(7-14)24-2)10-21-11-22-16-8-18(25-3)15(19)6-13(16)9-20;1-8-5-6-9(10(16)14-13)7-15(8)11(17)18-12(2,3)4;1-3-2/h2*10-14,17,19H,8-9,15-16H2,1-7H3,(H,32,33);4-8H,10H2,1-3H3;8-9H,5-7,13H2,1-4H3,(H,14,16);1H3. The van der Waals surface area contributed by atoms with Crippen LogP contribution in [0, 0.1) is 34.7 Å². The average Bonchev–Trinajstić information content (AvgIpc) is 1.59. The van der Waals surface area contributed by atoms with Crippen LogP contribution in [0.5, 0.6) is 51.7 Å². The van der Waals surface area contributed by atoms with Crippen LogP contribution >= 0.6 is 12.1 Å². The Morgan fingerprint density at radius 1 is 0.492 bits per heavy atom. The van der Waals surface area contributed by atoms with Crippen molar-refractivity contribution in [2.24, 2.45) is 21.7 Å². The molecule has 0 spiro atoms. The van der Waals surface area contributed by atoms with Crippen LogP contribution < -0.4 is 64.5 Å². The van der Waals surface area contributed by atoms with Gasteiger partial charge in [0.25, 0.3) is 0 Å². The Morgan fingerprint density at radius 3 is 1.22 bits per heavy atom. The zero-order valence-electron chi connectivity index (χ0n) is 77.4. The first-order valence-electron chi connectivity index (χ1n) is 41.8. The van der Waals surface area contributed by atoms with Crippen LogP contribution in [-0.2, 0) is 38.6 Å². The SMILES string of the molecule is CC1CCC(C(=O)NN)CN1C(=O)OC(C)(C)C.COc1ccc(CN=C=Nc2cc(OC)c(F)cc2C#N)c(OC)c1.COc1ccc(CNc2nc3cc(OC)c(F)cc3c3nc(C4CCC(C)N(C(=O)OC(C)(C)C)C4)nn23)c(OC)c1.COc1ccc(CNc2nc3cc(OC)c(F)cc3c3nc(C4CCC(C)N(C(=O)OC(C)(C)C)C4)nn23)c(OC)c1.CSF. The minimum Gasteiger partial charge on any atom is -0.497 e. The molecule has 3 aliphatic heterocycles. The van der Waals surface area contributed by atoms with Crippen LogP contribution in [0.3, 0.4) is 0 Å². The van der Waals surface area contributed by atoms with Gasteiger partial charge in [0.15, 0.2) is 57.6 Å². The van der Waals surface area contributed by atoms with Gasteiger partial charge in [-0.05, 0) is 176 Å². The number of carbonyl (C=O) groups excluding carboxylic acids is 4. The minimum atomic E-state index is -0.627. The highest BCUT2D eigenvalue weighted by Gasteiger charge is 2.39. The number of hydrogen-bond acceptors (Lipinski definition) is 29. The Labute approximate surface area is 757 Å². The Hall–Kier alpha value is -13.1. The fraction of sp³-hybridized carbons (Fsp3) is 0.473. The summed E-state index contributed by atoms with van der Waals surface area (Å²) in [6.07, 6.45) is 4.92. The van der Waals surface area contributed by atoms with Gasteiger partial charge in [-0.1, -0.05) is 0 Å². The van der Waals surface area contributed by atoms with Gasteiger partial charge in [-0.3, -0.25) is 10.2 Å². The van der Waals surface area contributed by atoms with Gasteiger partial charge < -0.3 is 82.2 Å². The van der Waals surface area contributed by atoms with E-state index in [0.29, 0.717) is 124 Å². The minimum absolute atomic E-state index is 0.00336. The van der Waals surface area contributed by atoms with E-state index in [-0.39, 0.29) is 107 Å². The monoisotopic (exact) mass is 1820 g/mol. The number of ether oxygens (including phenoxy) is 12. The van der Waals surface area contributed by atoms with E-state index in [2.05, 4.69) is 32.1 Å². The van der Waals surface area contributed by atoms with Gasteiger partial charge in [0, 0.05) is 145 Å². The van der Waals surface area contributed by atoms with Gasteiger partial charge in [-0.2, -0.15) is 23.2 Å². The number of benzene rings is 6. The number of hydrazine groups is 1. The first-order chi connectivity index (χ1) is 61.8. The average molecular weight is 1830 g/mol. The number of amides is 4. The number of piperidine rings is 3. The van der Waals surface area contributed by atoms with Crippen molar-refractivity contribution < 1.29 is 93.1 Å². The molecule has 4 amide bonds. The third kappa shape index (κ3) is 26.1. The molecule has 34 nitrogen and oxygen atoms in total. The molecule has 130 heavy (non-hydrogen) atoms. The van der Waals surface area contributed by atoms with E-state index in [1.54, 1.807) is 90.7 Å². The Balaban J connectivity index is 0.000000203. The van der Waals surface area contributed by atoms with Gasteiger partial charge >= 0.3 is 18.3 Å². The van der Waals surface area contributed by atoms with Crippen LogP contribution in [0.15, 0.2) is 101 Å². The molecular weight excluding hydrogens is 1710 g/mol. The zero-order chi connectivity index (χ0) is 95.2. The molecule has 0 bridgehead atoms. The topological polar surface area (TPSA) is 386 Å². The second-order valence-electron chi connectivity index (χ2n) is 33.6. The van der Waals surface area contributed by atoms with E-state index in [0.717, 1.165) is 61.3 Å². The number of aliphatic imine (C=N–C) groups is 2. The van der Waals surface area contributed by atoms with Crippen molar-refractivity contribution in [3.8, 4) is 57.8 Å². The highest BCUT2D eigenvalue weighted by atomic mass is 32.2. The molecule has 3 aliphatic rings. The number of halogens is 4. The summed E-state index contributed by atoms with van der Waals surface area (Å²) >= 11 is 0.250. The highest BCUT2D eigenvalue weighted by Crippen LogP contribution is 2.39. The van der Waals surface area contributed by atoms with E-state index in [9.17, 15) is 36.2 Å². The molecule has 6 aromatic carbocycles. The molecule has 4 aromatic heterocycles. The summed E-state index contributed by atoms with van der Waals surface area (Å²) in [5.41, 5.74) is 5.17. The number of aromatic nitrogens is 8. The molecule has 6 unspecified atom stereocenters. The molecule has 6 atom stereocenters. The molecule has 700 valence electrons. The number of likely N-dealkylation sites (tertiary alicyclic amines) is 3. The van der Waals surface area contributed by atoms with Crippen LogP contribution in [-0.4, -0.2) is 209 Å². The molecule has 39 heteroatoms. The molecule has 7 heterocycles. The molecule has 3 saturated heterocycles. The second kappa shape index (κ2) is 45.3. The molecule has 0 aliphatic carbocycles. The molecule has 3 fully saturated rings.